The highest BCUT2D eigenvalue weighted by Gasteiger charge is 2.19. The van der Waals surface area contributed by atoms with Gasteiger partial charge in [-0.05, 0) is 18.6 Å². The van der Waals surface area contributed by atoms with Crippen molar-refractivity contribution in [1.82, 2.24) is 25.0 Å². The Labute approximate surface area is 135 Å². The van der Waals surface area contributed by atoms with Crippen LogP contribution in [0.3, 0.4) is 0 Å². The minimum Gasteiger partial charge on any atom is -0.347 e. The molecule has 7 heteroatoms. The van der Waals surface area contributed by atoms with Gasteiger partial charge in [0.25, 0.3) is 5.91 Å². The maximum absolute atomic E-state index is 12.6. The second kappa shape index (κ2) is 7.53. The molecule has 0 fully saturated rings. The number of carbonyl (C=O) groups excluding carboxylic acids is 2. The predicted octanol–water partition coefficient (Wildman–Crippen LogP) is 1.41. The fourth-order valence-electron chi connectivity index (χ4n) is 2.12. The molecule has 0 aliphatic heterocycles. The fraction of sp³-hybridized carbons (Fsp3) is 0.375. The molecule has 1 aromatic heterocycles. The Balaban J connectivity index is 2.14. The molecular formula is C16H21N5O2. The largest absolute Gasteiger partial charge is 0.347 e. The van der Waals surface area contributed by atoms with Crippen molar-refractivity contribution in [1.29, 1.82) is 0 Å². The van der Waals surface area contributed by atoms with Crippen LogP contribution in [0.15, 0.2) is 30.6 Å². The Morgan fingerprint density at radius 2 is 1.87 bits per heavy atom. The van der Waals surface area contributed by atoms with Crippen LogP contribution < -0.4 is 0 Å². The van der Waals surface area contributed by atoms with Crippen LogP contribution in [0.2, 0.25) is 0 Å². The minimum atomic E-state index is -0.147. The number of hydrogen-bond acceptors (Lipinski definition) is 4. The predicted molar refractivity (Wildman–Crippen MR) is 86.7 cm³/mol. The van der Waals surface area contributed by atoms with E-state index >= 15 is 0 Å². The van der Waals surface area contributed by atoms with Crippen LogP contribution in [0.25, 0.3) is 11.4 Å². The Hall–Kier alpha value is -2.70. The van der Waals surface area contributed by atoms with E-state index in [-0.39, 0.29) is 18.4 Å². The summed E-state index contributed by atoms with van der Waals surface area (Å²) < 4.78 is 0. The molecule has 0 aliphatic rings. The van der Waals surface area contributed by atoms with E-state index in [1.165, 1.54) is 11.2 Å². The highest BCUT2D eigenvalue weighted by atomic mass is 16.2. The third-order valence-electron chi connectivity index (χ3n) is 3.43. The number of likely N-dealkylation sites (N-methyl/N-ethyl adjacent to an activating group) is 1. The molecule has 0 unspecified atom stereocenters. The quantitative estimate of drug-likeness (QED) is 0.874. The molecule has 2 aromatic rings. The topological polar surface area (TPSA) is 82.2 Å². The summed E-state index contributed by atoms with van der Waals surface area (Å²) >= 11 is 0. The van der Waals surface area contributed by atoms with E-state index in [1.54, 1.807) is 31.1 Å². The summed E-state index contributed by atoms with van der Waals surface area (Å²) in [6.45, 7) is 2.61. The normalized spacial score (nSPS) is 10.4. The number of aromatic amines is 1. The number of benzene rings is 1. The highest BCUT2D eigenvalue weighted by Crippen LogP contribution is 2.15. The standard InChI is InChI=1S/C16H21N5O2/c1-4-9-21(10-14(22)20(2)3)16(23)13-7-5-12(6-8-13)15-17-11-18-19-15/h5-8,11H,4,9-10H2,1-3H3,(H,17,18,19). The van der Waals surface area contributed by atoms with Crippen molar-refractivity contribution in [3.8, 4) is 11.4 Å². The van der Waals surface area contributed by atoms with Gasteiger partial charge in [-0.15, -0.1) is 0 Å². The zero-order valence-electron chi connectivity index (χ0n) is 13.6. The van der Waals surface area contributed by atoms with Gasteiger partial charge in [-0.1, -0.05) is 19.1 Å². The van der Waals surface area contributed by atoms with E-state index in [0.29, 0.717) is 17.9 Å². The SMILES string of the molecule is CCCN(CC(=O)N(C)C)C(=O)c1ccc(-c2ncn[nH]2)cc1. The first kappa shape index (κ1) is 16.7. The Morgan fingerprint density at radius 3 is 2.39 bits per heavy atom. The lowest BCUT2D eigenvalue weighted by molar-refractivity contribution is -0.129. The summed E-state index contributed by atoms with van der Waals surface area (Å²) in [4.78, 5) is 31.6. The first-order chi connectivity index (χ1) is 11.0. The Morgan fingerprint density at radius 1 is 1.17 bits per heavy atom. The third-order valence-corrected chi connectivity index (χ3v) is 3.43. The summed E-state index contributed by atoms with van der Waals surface area (Å²) in [7, 11) is 3.37. The molecule has 2 rings (SSSR count). The monoisotopic (exact) mass is 315 g/mol. The summed E-state index contributed by atoms with van der Waals surface area (Å²) in [6, 6.07) is 7.10. The van der Waals surface area contributed by atoms with Gasteiger partial charge in [-0.25, -0.2) is 4.98 Å². The number of nitrogens with one attached hydrogen (secondary N) is 1. The molecule has 1 N–H and O–H groups in total. The van der Waals surface area contributed by atoms with Crippen LogP contribution in [-0.2, 0) is 4.79 Å². The van der Waals surface area contributed by atoms with Gasteiger partial charge in [0.2, 0.25) is 5.91 Å². The zero-order valence-corrected chi connectivity index (χ0v) is 13.6. The van der Waals surface area contributed by atoms with Crippen LogP contribution in [0, 0.1) is 0 Å². The first-order valence-corrected chi connectivity index (χ1v) is 7.48. The molecule has 0 radical (unpaired) electrons. The number of rotatable bonds is 6. The van der Waals surface area contributed by atoms with E-state index in [4.69, 9.17) is 0 Å². The van der Waals surface area contributed by atoms with Crippen molar-refractivity contribution in [3.63, 3.8) is 0 Å². The molecule has 0 aliphatic carbocycles. The van der Waals surface area contributed by atoms with Crippen LogP contribution in [0.1, 0.15) is 23.7 Å². The molecule has 122 valence electrons. The Kier molecular flexibility index (Phi) is 5.46. The number of H-pyrrole nitrogens is 1. The maximum Gasteiger partial charge on any atom is 0.254 e. The molecule has 0 atom stereocenters. The van der Waals surface area contributed by atoms with Crippen molar-refractivity contribution in [3.05, 3.63) is 36.2 Å². The van der Waals surface area contributed by atoms with Gasteiger partial charge in [-0.2, -0.15) is 5.10 Å². The molecule has 0 saturated heterocycles. The molecule has 2 amide bonds. The smallest absolute Gasteiger partial charge is 0.254 e. The van der Waals surface area contributed by atoms with Gasteiger partial charge in [0.1, 0.15) is 12.9 Å². The number of amides is 2. The van der Waals surface area contributed by atoms with Crippen LogP contribution in [-0.4, -0.2) is 64.0 Å². The van der Waals surface area contributed by atoms with Gasteiger partial charge >= 0.3 is 0 Å². The lowest BCUT2D eigenvalue weighted by Gasteiger charge is -2.23. The van der Waals surface area contributed by atoms with Gasteiger partial charge in [0.15, 0.2) is 5.82 Å². The van der Waals surface area contributed by atoms with Crippen LogP contribution >= 0.6 is 0 Å². The molecule has 1 aromatic carbocycles. The van der Waals surface area contributed by atoms with Gasteiger partial charge in [0.05, 0.1) is 0 Å². The molecule has 0 spiro atoms. The number of carbonyl (C=O) groups is 2. The Bertz CT molecular complexity index is 650. The average molecular weight is 315 g/mol. The molecule has 23 heavy (non-hydrogen) atoms. The highest BCUT2D eigenvalue weighted by molar-refractivity contribution is 5.96. The van der Waals surface area contributed by atoms with Crippen molar-refractivity contribution in [2.45, 2.75) is 13.3 Å². The molecule has 1 heterocycles. The second-order valence-electron chi connectivity index (χ2n) is 5.43. The van der Waals surface area contributed by atoms with Crippen LogP contribution in [0.4, 0.5) is 0 Å². The van der Waals surface area contributed by atoms with Crippen molar-refractivity contribution in [2.75, 3.05) is 27.2 Å². The van der Waals surface area contributed by atoms with Crippen LogP contribution in [0.5, 0.6) is 0 Å². The van der Waals surface area contributed by atoms with E-state index < -0.39 is 0 Å². The molecular weight excluding hydrogens is 294 g/mol. The summed E-state index contributed by atoms with van der Waals surface area (Å²) in [5.41, 5.74) is 1.40. The zero-order chi connectivity index (χ0) is 16.8. The lowest BCUT2D eigenvalue weighted by Crippen LogP contribution is -2.40. The summed E-state index contributed by atoms with van der Waals surface area (Å²) in [5, 5.41) is 6.58. The van der Waals surface area contributed by atoms with Crippen molar-refractivity contribution in [2.24, 2.45) is 0 Å². The third kappa shape index (κ3) is 4.15. The summed E-state index contributed by atoms with van der Waals surface area (Å²) in [5.74, 6) is 0.411. The number of aromatic nitrogens is 3. The molecule has 7 nitrogen and oxygen atoms in total. The lowest BCUT2D eigenvalue weighted by atomic mass is 10.1. The number of hydrogen-bond donors (Lipinski definition) is 1. The first-order valence-electron chi connectivity index (χ1n) is 7.48. The maximum atomic E-state index is 12.6. The van der Waals surface area contributed by atoms with Crippen molar-refractivity contribution < 1.29 is 9.59 Å². The van der Waals surface area contributed by atoms with Gasteiger partial charge in [-0.3, -0.25) is 14.7 Å². The van der Waals surface area contributed by atoms with Gasteiger partial charge in [0, 0.05) is 31.8 Å². The van der Waals surface area contributed by atoms with E-state index in [9.17, 15) is 9.59 Å². The summed E-state index contributed by atoms with van der Waals surface area (Å²) in [6.07, 6.45) is 2.23. The fourth-order valence-corrected chi connectivity index (χ4v) is 2.12. The minimum absolute atomic E-state index is 0.0868. The van der Waals surface area contributed by atoms with E-state index in [2.05, 4.69) is 15.2 Å². The van der Waals surface area contributed by atoms with Crippen molar-refractivity contribution >= 4 is 11.8 Å². The molecule has 0 bridgehead atoms. The molecule has 0 saturated carbocycles. The number of nitrogens with zero attached hydrogens (tertiary/aromatic N) is 4. The second-order valence-corrected chi connectivity index (χ2v) is 5.43. The average Bonchev–Trinajstić information content (AvgIpc) is 3.08. The van der Waals surface area contributed by atoms with Gasteiger partial charge < -0.3 is 9.80 Å². The van der Waals surface area contributed by atoms with E-state index in [0.717, 1.165) is 12.0 Å². The van der Waals surface area contributed by atoms with E-state index in [1.807, 2.05) is 19.1 Å².